The smallest absolute Gasteiger partial charge is 0.253 e. The standard InChI is InChI=1S/C26H31N3O2/c1-20(2)19-31-24-10-6-9-23(17-24)26(30)28-14-11-21(12-15-28)18-29-16-13-27-25(29)22-7-4-3-5-8-22/h3-10,13,16-17,20-21H,11-12,14-15,18-19H2,1-2H3. The minimum absolute atomic E-state index is 0.0982. The molecule has 1 aromatic heterocycles. The summed E-state index contributed by atoms with van der Waals surface area (Å²) in [6.45, 7) is 7.40. The van der Waals surface area contributed by atoms with E-state index in [2.05, 4.69) is 41.7 Å². The summed E-state index contributed by atoms with van der Waals surface area (Å²) in [7, 11) is 0. The van der Waals surface area contributed by atoms with Gasteiger partial charge in [-0.2, -0.15) is 0 Å². The fraction of sp³-hybridized carbons (Fsp3) is 0.385. The van der Waals surface area contributed by atoms with Gasteiger partial charge in [0.15, 0.2) is 0 Å². The Morgan fingerprint density at radius 1 is 1.10 bits per heavy atom. The molecule has 1 amide bonds. The average molecular weight is 418 g/mol. The number of ether oxygens (including phenoxy) is 1. The third-order valence-corrected chi connectivity index (χ3v) is 5.77. The molecule has 2 heterocycles. The lowest BCUT2D eigenvalue weighted by Gasteiger charge is -2.32. The van der Waals surface area contributed by atoms with Gasteiger partial charge in [-0.25, -0.2) is 4.98 Å². The number of rotatable bonds is 7. The van der Waals surface area contributed by atoms with Gasteiger partial charge in [0, 0.05) is 43.2 Å². The minimum atomic E-state index is 0.0982. The molecule has 0 atom stereocenters. The van der Waals surface area contributed by atoms with E-state index in [4.69, 9.17) is 4.74 Å². The maximum Gasteiger partial charge on any atom is 0.253 e. The van der Waals surface area contributed by atoms with E-state index in [1.165, 1.54) is 0 Å². The number of nitrogens with zero attached hydrogens (tertiary/aromatic N) is 3. The number of imidazole rings is 1. The van der Waals surface area contributed by atoms with Crippen LogP contribution < -0.4 is 4.74 Å². The largest absolute Gasteiger partial charge is 0.493 e. The van der Waals surface area contributed by atoms with E-state index in [1.807, 2.05) is 53.6 Å². The summed E-state index contributed by atoms with van der Waals surface area (Å²) in [5, 5.41) is 0. The van der Waals surface area contributed by atoms with Crippen LogP contribution in [0.2, 0.25) is 0 Å². The highest BCUT2D eigenvalue weighted by Crippen LogP contribution is 2.25. The fourth-order valence-corrected chi connectivity index (χ4v) is 4.07. The molecular weight excluding hydrogens is 386 g/mol. The van der Waals surface area contributed by atoms with Crippen molar-refractivity contribution in [3.63, 3.8) is 0 Å². The van der Waals surface area contributed by atoms with Crippen molar-refractivity contribution in [3.8, 4) is 17.1 Å². The van der Waals surface area contributed by atoms with E-state index < -0.39 is 0 Å². The third kappa shape index (κ3) is 5.35. The van der Waals surface area contributed by atoms with E-state index in [1.54, 1.807) is 0 Å². The average Bonchev–Trinajstić information content (AvgIpc) is 3.26. The molecule has 3 aromatic rings. The summed E-state index contributed by atoms with van der Waals surface area (Å²) in [5.74, 6) is 2.87. The molecule has 0 N–H and O–H groups in total. The van der Waals surface area contributed by atoms with Gasteiger partial charge < -0.3 is 14.2 Å². The SMILES string of the molecule is CC(C)COc1cccc(C(=O)N2CCC(Cn3ccnc3-c3ccccc3)CC2)c1. The second-order valence-electron chi connectivity index (χ2n) is 8.74. The van der Waals surface area contributed by atoms with Crippen molar-refractivity contribution in [3.05, 3.63) is 72.6 Å². The molecule has 4 rings (SSSR count). The number of amides is 1. The summed E-state index contributed by atoms with van der Waals surface area (Å²) in [6.07, 6.45) is 5.93. The fourth-order valence-electron chi connectivity index (χ4n) is 4.07. The molecule has 0 spiro atoms. The lowest BCUT2D eigenvalue weighted by Crippen LogP contribution is -2.39. The molecule has 0 unspecified atom stereocenters. The first-order chi connectivity index (χ1) is 15.1. The lowest BCUT2D eigenvalue weighted by atomic mass is 9.96. The van der Waals surface area contributed by atoms with Crippen LogP contribution in [0.5, 0.6) is 5.75 Å². The molecule has 1 aliphatic heterocycles. The Balaban J connectivity index is 1.34. The zero-order valence-electron chi connectivity index (χ0n) is 18.4. The van der Waals surface area contributed by atoms with Crippen LogP contribution in [0, 0.1) is 11.8 Å². The Hall–Kier alpha value is -3.08. The van der Waals surface area contributed by atoms with E-state index >= 15 is 0 Å². The van der Waals surface area contributed by atoms with Crippen molar-refractivity contribution in [2.24, 2.45) is 11.8 Å². The summed E-state index contributed by atoms with van der Waals surface area (Å²) in [4.78, 5) is 19.5. The first-order valence-electron chi connectivity index (χ1n) is 11.2. The highest BCUT2D eigenvalue weighted by molar-refractivity contribution is 5.94. The van der Waals surface area contributed by atoms with Crippen molar-refractivity contribution >= 4 is 5.91 Å². The predicted octanol–water partition coefficient (Wildman–Crippen LogP) is 5.14. The molecule has 0 saturated carbocycles. The molecule has 31 heavy (non-hydrogen) atoms. The summed E-state index contributed by atoms with van der Waals surface area (Å²) in [5.41, 5.74) is 1.85. The maximum atomic E-state index is 13.0. The number of benzene rings is 2. The van der Waals surface area contributed by atoms with Gasteiger partial charge >= 0.3 is 0 Å². The van der Waals surface area contributed by atoms with Crippen LogP contribution >= 0.6 is 0 Å². The van der Waals surface area contributed by atoms with Crippen LogP contribution in [0.1, 0.15) is 37.0 Å². The number of hydrogen-bond donors (Lipinski definition) is 0. The van der Waals surface area contributed by atoms with Gasteiger partial charge in [0.05, 0.1) is 6.61 Å². The molecule has 1 fully saturated rings. The highest BCUT2D eigenvalue weighted by atomic mass is 16.5. The second kappa shape index (κ2) is 9.82. The number of hydrogen-bond acceptors (Lipinski definition) is 3. The number of carbonyl (C=O) groups excluding carboxylic acids is 1. The molecule has 1 aliphatic rings. The monoisotopic (exact) mass is 417 g/mol. The van der Waals surface area contributed by atoms with Crippen molar-refractivity contribution in [1.29, 1.82) is 0 Å². The third-order valence-electron chi connectivity index (χ3n) is 5.77. The Labute approximate surface area is 184 Å². The molecule has 0 radical (unpaired) electrons. The Kier molecular flexibility index (Phi) is 6.70. The molecule has 0 aliphatic carbocycles. The predicted molar refractivity (Wildman–Crippen MR) is 123 cm³/mol. The molecule has 0 bridgehead atoms. The van der Waals surface area contributed by atoms with Gasteiger partial charge in [-0.3, -0.25) is 4.79 Å². The molecule has 2 aromatic carbocycles. The molecular formula is C26H31N3O2. The van der Waals surface area contributed by atoms with Crippen LogP contribution in [0.15, 0.2) is 67.0 Å². The van der Waals surface area contributed by atoms with Crippen molar-refractivity contribution < 1.29 is 9.53 Å². The lowest BCUT2D eigenvalue weighted by molar-refractivity contribution is 0.0682. The summed E-state index contributed by atoms with van der Waals surface area (Å²) < 4.78 is 8.03. The van der Waals surface area contributed by atoms with E-state index in [0.717, 1.165) is 49.6 Å². The maximum absolute atomic E-state index is 13.0. The zero-order valence-corrected chi connectivity index (χ0v) is 18.4. The van der Waals surface area contributed by atoms with Gasteiger partial charge in [-0.05, 0) is 42.9 Å². The normalized spacial score (nSPS) is 14.7. The van der Waals surface area contributed by atoms with Crippen molar-refractivity contribution in [1.82, 2.24) is 14.5 Å². The Morgan fingerprint density at radius 2 is 1.87 bits per heavy atom. The summed E-state index contributed by atoms with van der Waals surface area (Å²) >= 11 is 0. The van der Waals surface area contributed by atoms with Gasteiger partial charge in [0.25, 0.3) is 5.91 Å². The first kappa shape index (κ1) is 21.2. The molecule has 5 nitrogen and oxygen atoms in total. The van der Waals surface area contributed by atoms with E-state index in [-0.39, 0.29) is 5.91 Å². The van der Waals surface area contributed by atoms with Crippen LogP contribution in [-0.2, 0) is 6.54 Å². The number of piperidine rings is 1. The van der Waals surface area contributed by atoms with Crippen LogP contribution in [0.25, 0.3) is 11.4 Å². The van der Waals surface area contributed by atoms with Crippen molar-refractivity contribution in [2.75, 3.05) is 19.7 Å². The topological polar surface area (TPSA) is 47.4 Å². The quantitative estimate of drug-likeness (QED) is 0.535. The van der Waals surface area contributed by atoms with Crippen LogP contribution in [0.3, 0.4) is 0 Å². The van der Waals surface area contributed by atoms with Crippen LogP contribution in [-0.4, -0.2) is 40.1 Å². The van der Waals surface area contributed by atoms with Gasteiger partial charge in [-0.15, -0.1) is 0 Å². The zero-order chi connectivity index (χ0) is 21.6. The van der Waals surface area contributed by atoms with Gasteiger partial charge in [0.2, 0.25) is 0 Å². The van der Waals surface area contributed by atoms with E-state index in [9.17, 15) is 4.79 Å². The minimum Gasteiger partial charge on any atom is -0.493 e. The van der Waals surface area contributed by atoms with Crippen LogP contribution in [0.4, 0.5) is 0 Å². The van der Waals surface area contributed by atoms with Gasteiger partial charge in [-0.1, -0.05) is 50.2 Å². The Bertz CT molecular complexity index is 989. The number of carbonyl (C=O) groups is 1. The molecule has 1 saturated heterocycles. The molecule has 162 valence electrons. The summed E-state index contributed by atoms with van der Waals surface area (Å²) in [6, 6.07) is 17.9. The number of likely N-dealkylation sites (tertiary alicyclic amines) is 1. The number of aromatic nitrogens is 2. The first-order valence-corrected chi connectivity index (χ1v) is 11.2. The Morgan fingerprint density at radius 3 is 2.61 bits per heavy atom. The van der Waals surface area contributed by atoms with Gasteiger partial charge in [0.1, 0.15) is 11.6 Å². The highest BCUT2D eigenvalue weighted by Gasteiger charge is 2.24. The molecule has 5 heteroatoms. The van der Waals surface area contributed by atoms with Crippen molar-refractivity contribution in [2.45, 2.75) is 33.2 Å². The second-order valence-corrected chi connectivity index (χ2v) is 8.74. The van der Waals surface area contributed by atoms with E-state index in [0.29, 0.717) is 24.0 Å².